The van der Waals surface area contributed by atoms with E-state index in [1.54, 1.807) is 30.5 Å². The predicted octanol–water partition coefficient (Wildman–Crippen LogP) is 3.22. The second kappa shape index (κ2) is 5.56. The number of nitrogens with zero attached hydrogens (tertiary/aromatic N) is 2. The van der Waals surface area contributed by atoms with Gasteiger partial charge in [-0.05, 0) is 24.3 Å². The van der Waals surface area contributed by atoms with Crippen molar-refractivity contribution in [3.05, 3.63) is 53.4 Å². The van der Waals surface area contributed by atoms with Gasteiger partial charge < -0.3 is 4.98 Å². The molecule has 0 aliphatic heterocycles. The van der Waals surface area contributed by atoms with E-state index in [9.17, 15) is 4.21 Å². The molecule has 7 heteroatoms. The van der Waals surface area contributed by atoms with Crippen molar-refractivity contribution < 1.29 is 4.21 Å². The highest BCUT2D eigenvalue weighted by atomic mass is 35.5. The molecule has 104 valence electrons. The maximum absolute atomic E-state index is 12.4. The molecule has 0 saturated carbocycles. The van der Waals surface area contributed by atoms with Crippen LogP contribution >= 0.6 is 11.6 Å². The molecule has 2 N–H and O–H groups in total. The third-order valence-electron chi connectivity index (χ3n) is 2.89. The maximum atomic E-state index is 12.4. The molecule has 2 aromatic heterocycles. The molecule has 1 atom stereocenters. The topological polar surface area (TPSA) is 81.6 Å². The van der Waals surface area contributed by atoms with Crippen molar-refractivity contribution in [2.24, 2.45) is 0 Å². The van der Waals surface area contributed by atoms with E-state index in [-0.39, 0.29) is 0 Å². The van der Waals surface area contributed by atoms with Crippen LogP contribution in [0.5, 0.6) is 0 Å². The van der Waals surface area contributed by atoms with Gasteiger partial charge in [-0.2, -0.15) is 5.26 Å². The number of aromatic nitrogens is 2. The molecule has 0 spiro atoms. The first kappa shape index (κ1) is 13.6. The van der Waals surface area contributed by atoms with Crippen molar-refractivity contribution in [1.82, 2.24) is 9.97 Å². The minimum Gasteiger partial charge on any atom is -0.360 e. The van der Waals surface area contributed by atoms with Crippen molar-refractivity contribution in [3.63, 3.8) is 0 Å². The molecular weight excluding hydrogens is 308 g/mol. The molecule has 0 aliphatic carbocycles. The van der Waals surface area contributed by atoms with Gasteiger partial charge in [0.05, 0.1) is 16.8 Å². The Balaban J connectivity index is 1.88. The lowest BCUT2D eigenvalue weighted by molar-refractivity contribution is 0.687. The Bertz CT molecular complexity index is 867. The molecule has 0 fully saturated rings. The number of rotatable bonds is 3. The zero-order chi connectivity index (χ0) is 14.8. The second-order valence-electron chi connectivity index (χ2n) is 4.26. The molecular formula is C14H9ClN4OS. The molecule has 0 aliphatic rings. The van der Waals surface area contributed by atoms with Gasteiger partial charge in [-0.15, -0.1) is 0 Å². The first-order valence-corrected chi connectivity index (χ1v) is 7.51. The number of benzene rings is 1. The first-order valence-electron chi connectivity index (χ1n) is 5.98. The van der Waals surface area contributed by atoms with Crippen LogP contribution in [-0.2, 0) is 11.0 Å². The minimum atomic E-state index is -1.44. The number of fused-ring (bicyclic) bond motifs is 1. The summed E-state index contributed by atoms with van der Waals surface area (Å²) in [7, 11) is -1.44. The Morgan fingerprint density at radius 3 is 2.90 bits per heavy atom. The minimum absolute atomic E-state index is 0.313. The SMILES string of the molecule is N#Cc1ccc(NS(=O)c2c[nH]c3cc(Cl)ccc23)cn1. The molecule has 0 saturated heterocycles. The van der Waals surface area contributed by atoms with Crippen molar-refractivity contribution in [1.29, 1.82) is 5.26 Å². The quantitative estimate of drug-likeness (QED) is 0.778. The Morgan fingerprint density at radius 1 is 1.33 bits per heavy atom. The second-order valence-corrected chi connectivity index (χ2v) is 5.88. The van der Waals surface area contributed by atoms with E-state index in [1.165, 1.54) is 6.20 Å². The van der Waals surface area contributed by atoms with Gasteiger partial charge >= 0.3 is 0 Å². The van der Waals surface area contributed by atoms with E-state index in [0.29, 0.717) is 21.3 Å². The summed E-state index contributed by atoms with van der Waals surface area (Å²) in [4.78, 5) is 7.59. The molecule has 3 aromatic rings. The fourth-order valence-corrected chi connectivity index (χ4v) is 3.07. The standard InChI is InChI=1S/C14H9ClN4OS/c15-9-1-4-12-13(5-9)18-8-14(12)21(20)19-11-3-2-10(6-16)17-7-11/h1-5,7-8,18-19H. The summed E-state index contributed by atoms with van der Waals surface area (Å²) in [5.41, 5.74) is 1.72. The lowest BCUT2D eigenvalue weighted by Crippen LogP contribution is -2.04. The summed E-state index contributed by atoms with van der Waals surface area (Å²) in [5, 5.41) is 10.1. The van der Waals surface area contributed by atoms with E-state index in [1.807, 2.05) is 12.1 Å². The molecule has 5 nitrogen and oxygen atoms in total. The summed E-state index contributed by atoms with van der Waals surface area (Å²) in [6, 6.07) is 10.5. The number of halogens is 1. The molecule has 21 heavy (non-hydrogen) atoms. The normalized spacial score (nSPS) is 12.0. The highest BCUT2D eigenvalue weighted by Crippen LogP contribution is 2.25. The van der Waals surface area contributed by atoms with Gasteiger partial charge in [0.2, 0.25) is 0 Å². The number of hydrogen-bond donors (Lipinski definition) is 2. The number of pyridine rings is 1. The van der Waals surface area contributed by atoms with Crippen molar-refractivity contribution in [3.8, 4) is 6.07 Å². The van der Waals surface area contributed by atoms with Gasteiger partial charge in [0, 0.05) is 22.1 Å². The number of nitrogens with one attached hydrogen (secondary N) is 2. The predicted molar refractivity (Wildman–Crippen MR) is 82.3 cm³/mol. The van der Waals surface area contributed by atoms with Crippen LogP contribution in [0, 0.1) is 11.3 Å². The van der Waals surface area contributed by atoms with Gasteiger partial charge in [-0.25, -0.2) is 9.19 Å². The van der Waals surface area contributed by atoms with Gasteiger partial charge in [-0.1, -0.05) is 17.7 Å². The third-order valence-corrected chi connectivity index (χ3v) is 4.29. The summed E-state index contributed by atoms with van der Waals surface area (Å²) in [6.45, 7) is 0. The van der Waals surface area contributed by atoms with Crippen molar-refractivity contribution >= 4 is 39.2 Å². The monoisotopic (exact) mass is 316 g/mol. The van der Waals surface area contributed by atoms with Crippen LogP contribution in [0.15, 0.2) is 47.6 Å². The van der Waals surface area contributed by atoms with Crippen LogP contribution in [0.4, 0.5) is 5.69 Å². The van der Waals surface area contributed by atoms with Gasteiger partial charge in [0.25, 0.3) is 0 Å². The Hall–Kier alpha value is -2.36. The lowest BCUT2D eigenvalue weighted by Gasteiger charge is -2.04. The van der Waals surface area contributed by atoms with Crippen molar-refractivity contribution in [2.75, 3.05) is 4.72 Å². The van der Waals surface area contributed by atoms with Gasteiger partial charge in [0.15, 0.2) is 11.0 Å². The van der Waals surface area contributed by atoms with Crippen molar-refractivity contribution in [2.45, 2.75) is 4.90 Å². The Kier molecular flexibility index (Phi) is 3.60. The highest BCUT2D eigenvalue weighted by Gasteiger charge is 2.11. The zero-order valence-electron chi connectivity index (χ0n) is 10.6. The van der Waals surface area contributed by atoms with Crippen LogP contribution in [0.25, 0.3) is 10.9 Å². The van der Waals surface area contributed by atoms with Crippen LogP contribution < -0.4 is 4.72 Å². The van der Waals surface area contributed by atoms with E-state index < -0.39 is 11.0 Å². The number of H-pyrrole nitrogens is 1. The number of anilines is 1. The molecule has 0 amide bonds. The van der Waals surface area contributed by atoms with E-state index in [4.69, 9.17) is 16.9 Å². The van der Waals surface area contributed by atoms with E-state index >= 15 is 0 Å². The van der Waals surface area contributed by atoms with E-state index in [0.717, 1.165) is 10.9 Å². The van der Waals surface area contributed by atoms with Crippen LogP contribution in [-0.4, -0.2) is 14.2 Å². The zero-order valence-corrected chi connectivity index (χ0v) is 12.2. The van der Waals surface area contributed by atoms with Crippen LogP contribution in [0.2, 0.25) is 5.02 Å². The highest BCUT2D eigenvalue weighted by molar-refractivity contribution is 7.86. The van der Waals surface area contributed by atoms with E-state index in [2.05, 4.69) is 14.7 Å². The molecule has 0 radical (unpaired) electrons. The lowest BCUT2D eigenvalue weighted by atomic mass is 10.2. The third kappa shape index (κ3) is 2.75. The molecule has 3 rings (SSSR count). The average molecular weight is 317 g/mol. The number of nitriles is 1. The summed E-state index contributed by atoms with van der Waals surface area (Å²) in [5.74, 6) is 0. The maximum Gasteiger partial charge on any atom is 0.152 e. The summed E-state index contributed by atoms with van der Waals surface area (Å²) >= 11 is 5.92. The smallest absolute Gasteiger partial charge is 0.152 e. The fourth-order valence-electron chi connectivity index (χ4n) is 1.91. The fraction of sp³-hybridized carbons (Fsp3) is 0. The largest absolute Gasteiger partial charge is 0.360 e. The molecule has 0 bridgehead atoms. The van der Waals surface area contributed by atoms with Crippen LogP contribution in [0.1, 0.15) is 5.69 Å². The summed E-state index contributed by atoms with van der Waals surface area (Å²) in [6.07, 6.45) is 3.16. The molecule has 1 unspecified atom stereocenters. The number of hydrogen-bond acceptors (Lipinski definition) is 3. The number of aromatic amines is 1. The molecule has 2 heterocycles. The first-order chi connectivity index (χ1) is 10.2. The Morgan fingerprint density at radius 2 is 2.19 bits per heavy atom. The molecule has 1 aromatic carbocycles. The Labute approximate surface area is 128 Å². The van der Waals surface area contributed by atoms with Gasteiger partial charge in [0.1, 0.15) is 11.8 Å². The summed E-state index contributed by atoms with van der Waals surface area (Å²) < 4.78 is 15.2. The van der Waals surface area contributed by atoms with Gasteiger partial charge in [-0.3, -0.25) is 4.72 Å². The van der Waals surface area contributed by atoms with Crippen LogP contribution in [0.3, 0.4) is 0 Å². The average Bonchev–Trinajstić information content (AvgIpc) is 2.91.